The minimum atomic E-state index is 0.246. The molecule has 0 saturated carbocycles. The molecule has 0 amide bonds. The van der Waals surface area contributed by atoms with Gasteiger partial charge in [0.05, 0.1) is 21.8 Å². The Morgan fingerprint density at radius 1 is 1.30 bits per heavy atom. The van der Waals surface area contributed by atoms with Crippen molar-refractivity contribution in [3.63, 3.8) is 0 Å². The Morgan fingerprint density at radius 3 is 3.05 bits per heavy atom. The maximum atomic E-state index is 5.98. The van der Waals surface area contributed by atoms with Gasteiger partial charge in [-0.1, -0.05) is 6.92 Å². The quantitative estimate of drug-likeness (QED) is 0.744. The molecule has 0 saturated heterocycles. The second-order valence-electron chi connectivity index (χ2n) is 4.91. The third-order valence-corrected chi connectivity index (χ3v) is 4.16. The topological polar surface area (TPSA) is 38.1 Å². The Bertz CT molecular complexity index is 701. The van der Waals surface area contributed by atoms with Gasteiger partial charge in [0.15, 0.2) is 0 Å². The first-order valence-corrected chi connectivity index (χ1v) is 7.82. The van der Waals surface area contributed by atoms with Gasteiger partial charge in [-0.25, -0.2) is 4.98 Å². The van der Waals surface area contributed by atoms with Crippen molar-refractivity contribution in [2.45, 2.75) is 26.3 Å². The number of nitrogens with zero attached hydrogens (tertiary/aromatic N) is 1. The molecule has 2 aromatic heterocycles. The largest absolute Gasteiger partial charge is 0.459 e. The highest BCUT2D eigenvalue weighted by Crippen LogP contribution is 2.29. The molecule has 0 radical (unpaired) electrons. The highest BCUT2D eigenvalue weighted by Gasteiger charge is 2.11. The van der Waals surface area contributed by atoms with E-state index in [9.17, 15) is 0 Å². The van der Waals surface area contributed by atoms with E-state index in [1.807, 2.05) is 17.6 Å². The summed E-state index contributed by atoms with van der Waals surface area (Å²) in [5.74, 6) is 1.90. The van der Waals surface area contributed by atoms with Crippen LogP contribution >= 0.6 is 11.3 Å². The second-order valence-corrected chi connectivity index (χ2v) is 5.80. The van der Waals surface area contributed by atoms with Crippen LogP contribution in [0.1, 0.15) is 32.1 Å². The van der Waals surface area contributed by atoms with Crippen LogP contribution in [0.3, 0.4) is 0 Å². The molecule has 1 aromatic carbocycles. The number of hydrogen-bond donors (Lipinski definition) is 1. The average Bonchev–Trinajstić information content (AvgIpc) is 3.12. The predicted octanol–water partition coefficient (Wildman–Crippen LogP) is 4.62. The minimum Gasteiger partial charge on any atom is -0.459 e. The van der Waals surface area contributed by atoms with Crippen LogP contribution in [0.5, 0.6) is 0 Å². The van der Waals surface area contributed by atoms with Crippen LogP contribution in [0.15, 0.2) is 40.3 Å². The zero-order valence-electron chi connectivity index (χ0n) is 11.7. The molecule has 20 heavy (non-hydrogen) atoms. The Labute approximate surface area is 122 Å². The molecule has 0 aliphatic carbocycles. The van der Waals surface area contributed by atoms with Crippen molar-refractivity contribution in [3.8, 4) is 11.3 Å². The molecule has 3 aromatic rings. The number of nitrogens with one attached hydrogen (secondary N) is 1. The van der Waals surface area contributed by atoms with Crippen molar-refractivity contribution in [3.05, 3.63) is 41.6 Å². The predicted molar refractivity (Wildman–Crippen MR) is 84.0 cm³/mol. The first-order valence-electron chi connectivity index (χ1n) is 6.94. The van der Waals surface area contributed by atoms with Crippen LogP contribution in [0.4, 0.5) is 0 Å². The number of rotatable bonds is 5. The lowest BCUT2D eigenvalue weighted by atomic mass is 10.1. The Morgan fingerprint density at radius 2 is 2.20 bits per heavy atom. The fourth-order valence-electron chi connectivity index (χ4n) is 2.21. The molecule has 0 fully saturated rings. The van der Waals surface area contributed by atoms with Crippen LogP contribution in [0, 0.1) is 0 Å². The normalized spacial score (nSPS) is 12.9. The standard InChI is InChI=1S/C16H18N2OS/c1-3-8-17-11(2)14-6-7-15(19-14)12-4-5-13-16(9-12)20-10-18-13/h4-7,9-11,17H,3,8H2,1-2H3. The van der Waals surface area contributed by atoms with E-state index in [0.717, 1.165) is 35.6 Å². The second kappa shape index (κ2) is 5.77. The molecule has 0 bridgehead atoms. The molecule has 0 aliphatic heterocycles. The summed E-state index contributed by atoms with van der Waals surface area (Å²) in [7, 11) is 0. The van der Waals surface area contributed by atoms with E-state index in [2.05, 4.69) is 42.3 Å². The fraction of sp³-hybridized carbons (Fsp3) is 0.312. The highest BCUT2D eigenvalue weighted by molar-refractivity contribution is 7.16. The number of furan rings is 1. The van der Waals surface area contributed by atoms with Gasteiger partial charge in [-0.3, -0.25) is 0 Å². The van der Waals surface area contributed by atoms with E-state index in [-0.39, 0.29) is 6.04 Å². The minimum absolute atomic E-state index is 0.246. The fourth-order valence-corrected chi connectivity index (χ4v) is 2.93. The molecule has 1 N–H and O–H groups in total. The van der Waals surface area contributed by atoms with E-state index in [0.29, 0.717) is 0 Å². The van der Waals surface area contributed by atoms with Crippen LogP contribution in [0.2, 0.25) is 0 Å². The molecule has 0 spiro atoms. The van der Waals surface area contributed by atoms with Gasteiger partial charge in [-0.2, -0.15) is 0 Å². The highest BCUT2D eigenvalue weighted by atomic mass is 32.1. The molecular weight excluding hydrogens is 268 g/mol. The summed E-state index contributed by atoms with van der Waals surface area (Å²) in [4.78, 5) is 4.30. The van der Waals surface area contributed by atoms with Crippen molar-refractivity contribution in [2.24, 2.45) is 0 Å². The number of thiazole rings is 1. The van der Waals surface area contributed by atoms with Gasteiger partial charge in [0.2, 0.25) is 0 Å². The van der Waals surface area contributed by atoms with Crippen molar-refractivity contribution >= 4 is 21.6 Å². The Balaban J connectivity index is 1.85. The summed E-state index contributed by atoms with van der Waals surface area (Å²) in [5.41, 5.74) is 4.03. The van der Waals surface area contributed by atoms with Crippen molar-refractivity contribution in [1.82, 2.24) is 10.3 Å². The van der Waals surface area contributed by atoms with Gasteiger partial charge in [-0.05, 0) is 50.2 Å². The maximum Gasteiger partial charge on any atom is 0.134 e. The third kappa shape index (κ3) is 2.62. The van der Waals surface area contributed by atoms with E-state index in [1.54, 1.807) is 11.3 Å². The molecule has 1 unspecified atom stereocenters. The van der Waals surface area contributed by atoms with E-state index in [4.69, 9.17) is 4.42 Å². The lowest BCUT2D eigenvalue weighted by Gasteiger charge is -2.09. The van der Waals surface area contributed by atoms with Gasteiger partial charge in [-0.15, -0.1) is 11.3 Å². The number of benzene rings is 1. The maximum absolute atomic E-state index is 5.98. The van der Waals surface area contributed by atoms with E-state index in [1.165, 1.54) is 4.70 Å². The van der Waals surface area contributed by atoms with Gasteiger partial charge in [0, 0.05) is 5.56 Å². The molecule has 3 nitrogen and oxygen atoms in total. The van der Waals surface area contributed by atoms with E-state index < -0.39 is 0 Å². The SMILES string of the molecule is CCCNC(C)c1ccc(-c2ccc3ncsc3c2)o1. The Hall–Kier alpha value is -1.65. The number of aromatic nitrogens is 1. The monoisotopic (exact) mass is 286 g/mol. The van der Waals surface area contributed by atoms with Gasteiger partial charge in [0.25, 0.3) is 0 Å². The summed E-state index contributed by atoms with van der Waals surface area (Å²) in [6.07, 6.45) is 1.12. The van der Waals surface area contributed by atoms with E-state index >= 15 is 0 Å². The van der Waals surface area contributed by atoms with Crippen LogP contribution in [-0.2, 0) is 0 Å². The van der Waals surface area contributed by atoms with Crippen LogP contribution < -0.4 is 5.32 Å². The summed E-state index contributed by atoms with van der Waals surface area (Å²) >= 11 is 1.66. The van der Waals surface area contributed by atoms with Gasteiger partial charge >= 0.3 is 0 Å². The molecular formula is C16H18N2OS. The summed E-state index contributed by atoms with van der Waals surface area (Å²) in [6.45, 7) is 5.30. The molecule has 2 heterocycles. The lowest BCUT2D eigenvalue weighted by molar-refractivity contribution is 0.439. The van der Waals surface area contributed by atoms with Crippen molar-refractivity contribution in [2.75, 3.05) is 6.54 Å². The van der Waals surface area contributed by atoms with Gasteiger partial charge < -0.3 is 9.73 Å². The smallest absolute Gasteiger partial charge is 0.134 e. The zero-order valence-corrected chi connectivity index (χ0v) is 12.5. The van der Waals surface area contributed by atoms with Crippen molar-refractivity contribution in [1.29, 1.82) is 0 Å². The Kier molecular flexibility index (Phi) is 3.85. The summed E-state index contributed by atoms with van der Waals surface area (Å²) in [5, 5.41) is 3.44. The first kappa shape index (κ1) is 13.3. The summed E-state index contributed by atoms with van der Waals surface area (Å²) in [6, 6.07) is 10.6. The lowest BCUT2D eigenvalue weighted by Crippen LogP contribution is -2.18. The third-order valence-electron chi connectivity index (χ3n) is 3.37. The molecule has 104 valence electrons. The van der Waals surface area contributed by atoms with Crippen LogP contribution in [-0.4, -0.2) is 11.5 Å². The average molecular weight is 286 g/mol. The molecule has 1 atom stereocenters. The van der Waals surface area contributed by atoms with Crippen LogP contribution in [0.25, 0.3) is 21.5 Å². The number of fused-ring (bicyclic) bond motifs is 1. The molecule has 0 aliphatic rings. The first-order chi connectivity index (χ1) is 9.78. The number of hydrogen-bond acceptors (Lipinski definition) is 4. The molecule has 4 heteroatoms. The van der Waals surface area contributed by atoms with Gasteiger partial charge in [0.1, 0.15) is 11.5 Å². The zero-order chi connectivity index (χ0) is 13.9. The van der Waals surface area contributed by atoms with Crippen molar-refractivity contribution < 1.29 is 4.42 Å². The molecule has 3 rings (SSSR count). The summed E-state index contributed by atoms with van der Waals surface area (Å²) < 4.78 is 7.17.